The van der Waals surface area contributed by atoms with Gasteiger partial charge in [0.15, 0.2) is 0 Å². The van der Waals surface area contributed by atoms with Crippen LogP contribution in [-0.2, 0) is 0 Å². The summed E-state index contributed by atoms with van der Waals surface area (Å²) in [5.41, 5.74) is 2.56. The first-order chi connectivity index (χ1) is 6.66. The van der Waals surface area contributed by atoms with Gasteiger partial charge in [-0.15, -0.1) is 0 Å². The Morgan fingerprint density at radius 2 is 2.00 bits per heavy atom. The lowest BCUT2D eigenvalue weighted by molar-refractivity contribution is 0.619. The predicted octanol–water partition coefficient (Wildman–Crippen LogP) is 3.57. The van der Waals surface area contributed by atoms with E-state index < -0.39 is 0 Å². The topological polar surface area (TPSA) is 12.9 Å². The molecular weight excluding hydrogens is 197 g/mol. The van der Waals surface area contributed by atoms with Crippen molar-refractivity contribution in [3.05, 3.63) is 41.3 Å². The van der Waals surface area contributed by atoms with Crippen LogP contribution in [0.15, 0.2) is 24.3 Å². The maximum absolute atomic E-state index is 13.3. The van der Waals surface area contributed by atoms with Gasteiger partial charge in [-0.1, -0.05) is 12.1 Å². The number of benzene rings is 1. The zero-order valence-corrected chi connectivity index (χ0v) is 8.86. The fourth-order valence-corrected chi connectivity index (χ4v) is 2.00. The molecule has 72 valence electrons. The third kappa shape index (κ3) is 1.68. The van der Waals surface area contributed by atoms with Gasteiger partial charge in [0.25, 0.3) is 0 Å². The number of nitrogens with zero attached hydrogens (tertiary/aromatic N) is 1. The van der Waals surface area contributed by atoms with Gasteiger partial charge in [0, 0.05) is 0 Å². The molecule has 1 heterocycles. The molecule has 14 heavy (non-hydrogen) atoms. The van der Waals surface area contributed by atoms with Gasteiger partial charge in [-0.25, -0.2) is 4.39 Å². The molecule has 0 aliphatic heterocycles. The first-order valence-corrected chi connectivity index (χ1v) is 5.14. The Morgan fingerprint density at radius 3 is 2.57 bits per heavy atom. The van der Waals surface area contributed by atoms with Crippen molar-refractivity contribution in [1.29, 1.82) is 0 Å². The Labute approximate surface area is 86.4 Å². The molecule has 2 rings (SSSR count). The number of rotatable bonds is 1. The lowest BCUT2D eigenvalue weighted by Crippen LogP contribution is -1.82. The molecular formula is C11H10FNS. The summed E-state index contributed by atoms with van der Waals surface area (Å²) < 4.78 is 17.4. The van der Waals surface area contributed by atoms with Crippen molar-refractivity contribution in [3.8, 4) is 10.4 Å². The SMILES string of the molecule is Cc1cc(-c2ccc(C)c(F)c2)sn1. The molecule has 0 aliphatic rings. The minimum absolute atomic E-state index is 0.159. The summed E-state index contributed by atoms with van der Waals surface area (Å²) in [6.45, 7) is 3.70. The number of aromatic nitrogens is 1. The normalized spacial score (nSPS) is 10.5. The Bertz CT molecular complexity index is 462. The van der Waals surface area contributed by atoms with Crippen molar-refractivity contribution in [2.45, 2.75) is 13.8 Å². The Balaban J connectivity index is 2.47. The average molecular weight is 207 g/mol. The highest BCUT2D eigenvalue weighted by atomic mass is 32.1. The van der Waals surface area contributed by atoms with E-state index in [0.29, 0.717) is 5.56 Å². The molecule has 0 spiro atoms. The maximum atomic E-state index is 13.3. The lowest BCUT2D eigenvalue weighted by atomic mass is 10.1. The molecule has 1 nitrogen and oxygen atoms in total. The van der Waals surface area contributed by atoms with Gasteiger partial charge in [-0.2, -0.15) is 4.37 Å². The van der Waals surface area contributed by atoms with Gasteiger partial charge < -0.3 is 0 Å². The van der Waals surface area contributed by atoms with Crippen LogP contribution < -0.4 is 0 Å². The molecule has 0 aliphatic carbocycles. The molecule has 0 amide bonds. The molecule has 0 N–H and O–H groups in total. The molecule has 0 fully saturated rings. The summed E-state index contributed by atoms with van der Waals surface area (Å²) in [6.07, 6.45) is 0. The van der Waals surface area contributed by atoms with E-state index in [9.17, 15) is 4.39 Å². The summed E-state index contributed by atoms with van der Waals surface area (Å²) in [5, 5.41) is 0. The summed E-state index contributed by atoms with van der Waals surface area (Å²) in [7, 11) is 0. The van der Waals surface area contributed by atoms with Gasteiger partial charge >= 0.3 is 0 Å². The number of halogens is 1. The highest BCUT2D eigenvalue weighted by Crippen LogP contribution is 2.25. The van der Waals surface area contributed by atoms with Crippen LogP contribution in [0, 0.1) is 19.7 Å². The standard InChI is InChI=1S/C11H10FNS/c1-7-3-4-9(6-10(7)12)11-5-8(2)13-14-11/h3-6H,1-2H3. The molecule has 2 aromatic rings. The van der Waals surface area contributed by atoms with E-state index >= 15 is 0 Å². The Morgan fingerprint density at radius 1 is 1.21 bits per heavy atom. The summed E-state index contributed by atoms with van der Waals surface area (Å²) in [6, 6.07) is 7.24. The van der Waals surface area contributed by atoms with Crippen LogP contribution >= 0.6 is 11.5 Å². The van der Waals surface area contributed by atoms with Crippen LogP contribution in [-0.4, -0.2) is 4.37 Å². The predicted molar refractivity (Wildman–Crippen MR) is 57.0 cm³/mol. The Kier molecular flexibility index (Phi) is 2.33. The van der Waals surface area contributed by atoms with Crippen LogP contribution in [0.2, 0.25) is 0 Å². The second-order valence-electron chi connectivity index (χ2n) is 3.30. The smallest absolute Gasteiger partial charge is 0.126 e. The van der Waals surface area contributed by atoms with E-state index in [0.717, 1.165) is 16.1 Å². The third-order valence-corrected chi connectivity index (χ3v) is 3.01. The summed E-state index contributed by atoms with van der Waals surface area (Å²) in [5.74, 6) is -0.159. The molecule has 0 unspecified atom stereocenters. The van der Waals surface area contributed by atoms with Crippen molar-refractivity contribution in [2.24, 2.45) is 0 Å². The van der Waals surface area contributed by atoms with Crippen molar-refractivity contribution in [3.63, 3.8) is 0 Å². The first kappa shape index (κ1) is 9.34. The van der Waals surface area contributed by atoms with Gasteiger partial charge in [-0.05, 0) is 48.6 Å². The number of hydrogen-bond acceptors (Lipinski definition) is 2. The van der Waals surface area contributed by atoms with Crippen LogP contribution in [0.3, 0.4) is 0 Å². The molecule has 0 saturated carbocycles. The molecule has 0 saturated heterocycles. The lowest BCUT2D eigenvalue weighted by Gasteiger charge is -1.99. The molecule has 0 bridgehead atoms. The summed E-state index contributed by atoms with van der Waals surface area (Å²) >= 11 is 1.40. The quantitative estimate of drug-likeness (QED) is 0.696. The van der Waals surface area contributed by atoms with Gasteiger partial charge in [0.2, 0.25) is 0 Å². The number of aryl methyl sites for hydroxylation is 2. The van der Waals surface area contributed by atoms with E-state index in [1.807, 2.05) is 19.1 Å². The van der Waals surface area contributed by atoms with Crippen LogP contribution in [0.1, 0.15) is 11.3 Å². The second kappa shape index (κ2) is 3.50. The van der Waals surface area contributed by atoms with E-state index in [4.69, 9.17) is 0 Å². The van der Waals surface area contributed by atoms with E-state index in [2.05, 4.69) is 4.37 Å². The largest absolute Gasteiger partial charge is 0.207 e. The van der Waals surface area contributed by atoms with Crippen molar-refractivity contribution in [2.75, 3.05) is 0 Å². The van der Waals surface area contributed by atoms with Crippen molar-refractivity contribution >= 4 is 11.5 Å². The van der Waals surface area contributed by atoms with Gasteiger partial charge in [0.1, 0.15) is 5.82 Å². The fourth-order valence-electron chi connectivity index (χ4n) is 1.25. The highest BCUT2D eigenvalue weighted by Gasteiger charge is 2.04. The zero-order chi connectivity index (χ0) is 10.1. The van der Waals surface area contributed by atoms with E-state index in [1.165, 1.54) is 11.5 Å². The van der Waals surface area contributed by atoms with Gasteiger partial charge in [0.05, 0.1) is 10.6 Å². The summed E-state index contributed by atoms with van der Waals surface area (Å²) in [4.78, 5) is 1.02. The van der Waals surface area contributed by atoms with Crippen LogP contribution in [0.25, 0.3) is 10.4 Å². The molecule has 1 aromatic heterocycles. The van der Waals surface area contributed by atoms with Gasteiger partial charge in [-0.3, -0.25) is 0 Å². The minimum Gasteiger partial charge on any atom is -0.207 e. The minimum atomic E-state index is -0.159. The molecule has 0 radical (unpaired) electrons. The number of hydrogen-bond donors (Lipinski definition) is 0. The first-order valence-electron chi connectivity index (χ1n) is 4.36. The average Bonchev–Trinajstić information content (AvgIpc) is 2.57. The molecule has 3 heteroatoms. The fraction of sp³-hybridized carbons (Fsp3) is 0.182. The van der Waals surface area contributed by atoms with E-state index in [1.54, 1.807) is 19.1 Å². The zero-order valence-electron chi connectivity index (χ0n) is 8.04. The van der Waals surface area contributed by atoms with E-state index in [-0.39, 0.29) is 5.82 Å². The van der Waals surface area contributed by atoms with Crippen LogP contribution in [0.4, 0.5) is 4.39 Å². The van der Waals surface area contributed by atoms with Crippen molar-refractivity contribution < 1.29 is 4.39 Å². The highest BCUT2D eigenvalue weighted by molar-refractivity contribution is 7.09. The molecule has 1 aromatic carbocycles. The third-order valence-electron chi connectivity index (χ3n) is 2.08. The molecule has 0 atom stereocenters. The maximum Gasteiger partial charge on any atom is 0.126 e. The monoisotopic (exact) mass is 207 g/mol. The Hall–Kier alpha value is -1.22. The van der Waals surface area contributed by atoms with Crippen molar-refractivity contribution in [1.82, 2.24) is 4.37 Å². The second-order valence-corrected chi connectivity index (χ2v) is 4.10. The van der Waals surface area contributed by atoms with Crippen LogP contribution in [0.5, 0.6) is 0 Å².